The van der Waals surface area contributed by atoms with Gasteiger partial charge in [-0.15, -0.1) is 0 Å². The second-order valence-electron chi connectivity index (χ2n) is 3.37. The smallest absolute Gasteiger partial charge is 0.361 e. The Morgan fingerprint density at radius 3 is 2.88 bits per heavy atom. The zero-order valence-electron chi connectivity index (χ0n) is 9.73. The summed E-state index contributed by atoms with van der Waals surface area (Å²) in [5.74, 6) is 1.11. The minimum atomic E-state index is -0.509. The molecule has 0 N–H and O–H groups in total. The third-order valence-corrected chi connectivity index (χ3v) is 2.27. The number of hydrogen-bond donors (Lipinski definition) is 0. The topological polar surface area (TPSA) is 65.5 Å². The van der Waals surface area contributed by atoms with E-state index in [1.165, 1.54) is 6.39 Å². The quantitative estimate of drug-likeness (QED) is 0.762. The highest BCUT2D eigenvalue weighted by atomic mass is 16.5. The summed E-state index contributed by atoms with van der Waals surface area (Å²) in [5, 5.41) is 0. The van der Waals surface area contributed by atoms with Gasteiger partial charge in [-0.2, -0.15) is 0 Å². The molecule has 2 aromatic heterocycles. The van der Waals surface area contributed by atoms with Crippen LogP contribution in [0.3, 0.4) is 0 Å². The molecule has 5 nitrogen and oxygen atoms in total. The Kier molecular flexibility index (Phi) is 3.27. The number of esters is 1. The second kappa shape index (κ2) is 4.86. The Morgan fingerprint density at radius 2 is 2.24 bits per heavy atom. The van der Waals surface area contributed by atoms with Gasteiger partial charge in [-0.3, -0.25) is 0 Å². The number of hydrogen-bond acceptors (Lipinski definition) is 5. The fourth-order valence-corrected chi connectivity index (χ4v) is 1.46. The first-order valence-corrected chi connectivity index (χ1v) is 5.46. The Morgan fingerprint density at radius 1 is 1.41 bits per heavy atom. The predicted molar refractivity (Wildman–Crippen MR) is 59.5 cm³/mol. The minimum Gasteiger partial charge on any atom is -0.461 e. The molecule has 0 unspecified atom stereocenters. The third-order valence-electron chi connectivity index (χ3n) is 2.27. The molecule has 0 aliphatic carbocycles. The summed E-state index contributed by atoms with van der Waals surface area (Å²) in [7, 11) is 0. The molecule has 0 saturated carbocycles. The lowest BCUT2D eigenvalue weighted by atomic mass is 10.3. The zero-order valence-corrected chi connectivity index (χ0v) is 9.73. The van der Waals surface area contributed by atoms with Gasteiger partial charge in [-0.05, 0) is 19.1 Å². The molecule has 90 valence electrons. The van der Waals surface area contributed by atoms with Crippen LogP contribution in [0.4, 0.5) is 0 Å². The predicted octanol–water partition coefficient (Wildman–Crippen LogP) is 2.67. The standard InChI is InChI=1S/C12H13NO4/c1-3-8-5-6-9(17-8)11-10(13-7-16-11)12(14)15-4-2/h5-7H,3-4H2,1-2H3. The Bertz CT molecular complexity index is 512. The van der Waals surface area contributed by atoms with Crippen LogP contribution in [-0.2, 0) is 11.2 Å². The maximum atomic E-state index is 11.6. The first-order valence-electron chi connectivity index (χ1n) is 5.46. The molecule has 0 radical (unpaired) electrons. The van der Waals surface area contributed by atoms with Crippen molar-refractivity contribution in [1.29, 1.82) is 0 Å². The van der Waals surface area contributed by atoms with Gasteiger partial charge >= 0.3 is 5.97 Å². The molecule has 5 heteroatoms. The fourth-order valence-electron chi connectivity index (χ4n) is 1.46. The molecule has 0 spiro atoms. The molecule has 0 fully saturated rings. The van der Waals surface area contributed by atoms with E-state index in [9.17, 15) is 4.79 Å². The molecule has 0 aromatic carbocycles. The van der Waals surface area contributed by atoms with E-state index in [4.69, 9.17) is 13.6 Å². The number of aryl methyl sites for hydroxylation is 1. The molecule has 0 bridgehead atoms. The normalized spacial score (nSPS) is 10.5. The number of carbonyl (C=O) groups is 1. The van der Waals surface area contributed by atoms with Crippen molar-refractivity contribution in [2.24, 2.45) is 0 Å². The largest absolute Gasteiger partial charge is 0.461 e. The Labute approximate surface area is 98.4 Å². The van der Waals surface area contributed by atoms with Crippen molar-refractivity contribution in [3.63, 3.8) is 0 Å². The highest BCUT2D eigenvalue weighted by Crippen LogP contribution is 2.26. The average Bonchev–Trinajstić information content (AvgIpc) is 2.97. The number of oxazole rings is 1. The van der Waals surface area contributed by atoms with Gasteiger partial charge in [-0.1, -0.05) is 6.92 Å². The molecular formula is C12H13NO4. The molecule has 0 atom stereocenters. The maximum absolute atomic E-state index is 11.6. The molecule has 17 heavy (non-hydrogen) atoms. The van der Waals surface area contributed by atoms with E-state index in [1.54, 1.807) is 13.0 Å². The van der Waals surface area contributed by atoms with Crippen LogP contribution in [-0.4, -0.2) is 17.6 Å². The number of ether oxygens (including phenoxy) is 1. The molecule has 0 aliphatic heterocycles. The maximum Gasteiger partial charge on any atom is 0.361 e. The number of carbonyl (C=O) groups excluding carboxylic acids is 1. The van der Waals surface area contributed by atoms with Gasteiger partial charge in [0.05, 0.1) is 6.61 Å². The lowest BCUT2D eigenvalue weighted by molar-refractivity contribution is 0.0520. The number of aromatic nitrogens is 1. The van der Waals surface area contributed by atoms with E-state index in [1.807, 2.05) is 13.0 Å². The van der Waals surface area contributed by atoms with Crippen LogP contribution in [0.1, 0.15) is 30.1 Å². The van der Waals surface area contributed by atoms with Gasteiger partial charge in [0.25, 0.3) is 0 Å². The van der Waals surface area contributed by atoms with Crippen LogP contribution in [0.15, 0.2) is 27.4 Å². The first kappa shape index (κ1) is 11.4. The van der Waals surface area contributed by atoms with Crippen molar-refractivity contribution in [2.45, 2.75) is 20.3 Å². The second-order valence-corrected chi connectivity index (χ2v) is 3.37. The van der Waals surface area contributed by atoms with Crippen LogP contribution in [0.25, 0.3) is 11.5 Å². The van der Waals surface area contributed by atoms with Crippen LogP contribution >= 0.6 is 0 Å². The van der Waals surface area contributed by atoms with E-state index in [-0.39, 0.29) is 5.69 Å². The molecule has 2 aromatic rings. The lowest BCUT2D eigenvalue weighted by Gasteiger charge is -1.98. The van der Waals surface area contributed by atoms with Crippen molar-refractivity contribution in [3.05, 3.63) is 30.0 Å². The summed E-state index contributed by atoms with van der Waals surface area (Å²) in [5.41, 5.74) is 0.142. The summed E-state index contributed by atoms with van der Waals surface area (Å²) in [4.78, 5) is 15.4. The molecule has 2 rings (SSSR count). The molecular weight excluding hydrogens is 222 g/mol. The van der Waals surface area contributed by atoms with Crippen LogP contribution in [0, 0.1) is 0 Å². The van der Waals surface area contributed by atoms with Gasteiger partial charge in [0.15, 0.2) is 17.8 Å². The van der Waals surface area contributed by atoms with Crippen molar-refractivity contribution in [3.8, 4) is 11.5 Å². The monoisotopic (exact) mass is 235 g/mol. The van der Waals surface area contributed by atoms with Crippen molar-refractivity contribution in [2.75, 3.05) is 6.61 Å². The van der Waals surface area contributed by atoms with E-state index in [0.717, 1.165) is 12.2 Å². The highest BCUT2D eigenvalue weighted by Gasteiger charge is 2.21. The van der Waals surface area contributed by atoms with Crippen LogP contribution in [0.2, 0.25) is 0 Å². The molecule has 0 aliphatic rings. The summed E-state index contributed by atoms with van der Waals surface area (Å²) >= 11 is 0. The SMILES string of the molecule is CCOC(=O)c1ncoc1-c1ccc(CC)o1. The Hall–Kier alpha value is -2.04. The van der Waals surface area contributed by atoms with Crippen molar-refractivity contribution < 1.29 is 18.4 Å². The van der Waals surface area contributed by atoms with Gasteiger partial charge in [0.1, 0.15) is 5.76 Å². The van der Waals surface area contributed by atoms with Crippen molar-refractivity contribution in [1.82, 2.24) is 4.98 Å². The van der Waals surface area contributed by atoms with Gasteiger partial charge in [-0.25, -0.2) is 9.78 Å². The van der Waals surface area contributed by atoms with Gasteiger partial charge in [0.2, 0.25) is 5.76 Å². The molecule has 2 heterocycles. The fraction of sp³-hybridized carbons (Fsp3) is 0.333. The molecule has 0 saturated heterocycles. The van der Waals surface area contributed by atoms with E-state index < -0.39 is 5.97 Å². The number of rotatable bonds is 4. The number of furan rings is 1. The summed E-state index contributed by atoms with van der Waals surface area (Å²) in [6, 6.07) is 3.59. The van der Waals surface area contributed by atoms with E-state index >= 15 is 0 Å². The average molecular weight is 235 g/mol. The van der Waals surface area contributed by atoms with E-state index in [0.29, 0.717) is 18.1 Å². The Balaban J connectivity index is 2.33. The highest BCUT2D eigenvalue weighted by molar-refractivity contribution is 5.92. The lowest BCUT2D eigenvalue weighted by Crippen LogP contribution is -2.06. The van der Waals surface area contributed by atoms with Crippen molar-refractivity contribution >= 4 is 5.97 Å². The third kappa shape index (κ3) is 2.22. The van der Waals surface area contributed by atoms with Gasteiger partial charge in [0, 0.05) is 6.42 Å². The van der Waals surface area contributed by atoms with Crippen LogP contribution < -0.4 is 0 Å². The first-order chi connectivity index (χ1) is 8.26. The van der Waals surface area contributed by atoms with Gasteiger partial charge < -0.3 is 13.6 Å². The summed E-state index contributed by atoms with van der Waals surface area (Å²) in [6.07, 6.45) is 1.98. The summed E-state index contributed by atoms with van der Waals surface area (Å²) in [6.45, 7) is 4.01. The minimum absolute atomic E-state index is 0.142. The summed E-state index contributed by atoms with van der Waals surface area (Å²) < 4.78 is 15.6. The van der Waals surface area contributed by atoms with E-state index in [2.05, 4.69) is 4.98 Å². The number of nitrogens with zero attached hydrogens (tertiary/aromatic N) is 1. The molecule has 0 amide bonds. The zero-order chi connectivity index (χ0) is 12.3. The van der Waals surface area contributed by atoms with Crippen LogP contribution in [0.5, 0.6) is 0 Å².